The van der Waals surface area contributed by atoms with Crippen molar-refractivity contribution in [3.8, 4) is 0 Å². The number of likely N-dealkylation sites (tertiary alicyclic amines) is 1. The van der Waals surface area contributed by atoms with Crippen LogP contribution in [0.3, 0.4) is 0 Å². The Labute approximate surface area is 128 Å². The molecule has 2 nitrogen and oxygen atoms in total. The van der Waals surface area contributed by atoms with Gasteiger partial charge in [0.1, 0.15) is 0 Å². The monoisotopic (exact) mass is 285 g/mol. The van der Waals surface area contributed by atoms with E-state index in [9.17, 15) is 5.11 Å². The van der Waals surface area contributed by atoms with E-state index in [0.29, 0.717) is 5.54 Å². The molecule has 0 spiro atoms. The van der Waals surface area contributed by atoms with E-state index in [2.05, 4.69) is 29.7 Å². The standard InChI is InChI=1S/C19H27NO/c1-2-10-19-11-5-6-16(13-19)9-12-20(19)14-17-7-3-4-8-18(17)15-21/h2-4,7-8,16,21H,1,5-6,9-15H2. The maximum Gasteiger partial charge on any atom is 0.0685 e. The van der Waals surface area contributed by atoms with Gasteiger partial charge in [0.05, 0.1) is 6.61 Å². The summed E-state index contributed by atoms with van der Waals surface area (Å²) in [6, 6.07) is 8.31. The van der Waals surface area contributed by atoms with Crippen LogP contribution in [0.1, 0.15) is 49.7 Å². The number of benzene rings is 1. The Morgan fingerprint density at radius 2 is 2.10 bits per heavy atom. The number of nitrogens with zero attached hydrogens (tertiary/aromatic N) is 1. The predicted molar refractivity (Wildman–Crippen MR) is 86.9 cm³/mol. The molecule has 2 bridgehead atoms. The molecule has 1 aromatic carbocycles. The van der Waals surface area contributed by atoms with Crippen molar-refractivity contribution in [1.29, 1.82) is 0 Å². The molecule has 3 rings (SSSR count). The molecule has 1 heterocycles. The molecule has 0 aromatic heterocycles. The summed E-state index contributed by atoms with van der Waals surface area (Å²) in [6.45, 7) is 6.31. The maximum absolute atomic E-state index is 9.56. The van der Waals surface area contributed by atoms with Gasteiger partial charge in [-0.1, -0.05) is 43.2 Å². The lowest BCUT2D eigenvalue weighted by Crippen LogP contribution is -2.55. The fourth-order valence-electron chi connectivity index (χ4n) is 4.47. The van der Waals surface area contributed by atoms with E-state index in [0.717, 1.165) is 24.4 Å². The van der Waals surface area contributed by atoms with Gasteiger partial charge in [0, 0.05) is 12.1 Å². The Hall–Kier alpha value is -1.12. The minimum atomic E-state index is 0.140. The van der Waals surface area contributed by atoms with Gasteiger partial charge in [0.15, 0.2) is 0 Å². The van der Waals surface area contributed by atoms with Crippen LogP contribution in [-0.2, 0) is 13.2 Å². The van der Waals surface area contributed by atoms with E-state index in [1.807, 2.05) is 12.1 Å². The third-order valence-electron chi connectivity index (χ3n) is 5.58. The Balaban J connectivity index is 1.83. The zero-order valence-corrected chi connectivity index (χ0v) is 12.9. The lowest BCUT2D eigenvalue weighted by atomic mass is 9.69. The van der Waals surface area contributed by atoms with Gasteiger partial charge >= 0.3 is 0 Å². The average molecular weight is 285 g/mol. The molecule has 1 saturated heterocycles. The number of rotatable bonds is 5. The fourth-order valence-corrected chi connectivity index (χ4v) is 4.47. The number of hydrogen-bond donors (Lipinski definition) is 1. The smallest absolute Gasteiger partial charge is 0.0685 e. The van der Waals surface area contributed by atoms with Crippen LogP contribution < -0.4 is 0 Å². The molecule has 1 aliphatic carbocycles. The van der Waals surface area contributed by atoms with Gasteiger partial charge in [-0.05, 0) is 49.3 Å². The zero-order chi connectivity index (χ0) is 14.7. The van der Waals surface area contributed by atoms with Gasteiger partial charge in [-0.15, -0.1) is 6.58 Å². The Bertz CT molecular complexity index is 498. The summed E-state index contributed by atoms with van der Waals surface area (Å²) in [7, 11) is 0. The summed E-state index contributed by atoms with van der Waals surface area (Å²) in [5, 5.41) is 9.56. The first kappa shape index (κ1) is 14.8. The zero-order valence-electron chi connectivity index (χ0n) is 12.9. The first-order valence-electron chi connectivity index (χ1n) is 8.31. The number of hydrogen-bond acceptors (Lipinski definition) is 2. The third kappa shape index (κ3) is 2.93. The highest BCUT2D eigenvalue weighted by Crippen LogP contribution is 2.45. The predicted octanol–water partition coefficient (Wildman–Crippen LogP) is 3.89. The number of aliphatic hydroxyl groups is 1. The van der Waals surface area contributed by atoms with Gasteiger partial charge in [0.25, 0.3) is 0 Å². The van der Waals surface area contributed by atoms with Crippen LogP contribution in [0.5, 0.6) is 0 Å². The fraction of sp³-hybridized carbons (Fsp3) is 0.579. The van der Waals surface area contributed by atoms with E-state index in [1.165, 1.54) is 44.2 Å². The van der Waals surface area contributed by atoms with Gasteiger partial charge in [-0.3, -0.25) is 4.90 Å². The second-order valence-corrected chi connectivity index (χ2v) is 6.82. The van der Waals surface area contributed by atoms with Crippen molar-refractivity contribution in [1.82, 2.24) is 4.90 Å². The first-order valence-corrected chi connectivity index (χ1v) is 8.31. The normalized spacial score (nSPS) is 29.3. The molecule has 114 valence electrons. The largest absolute Gasteiger partial charge is 0.392 e. The molecule has 2 unspecified atom stereocenters. The summed E-state index contributed by atoms with van der Waals surface area (Å²) < 4.78 is 0. The van der Waals surface area contributed by atoms with Crippen LogP contribution in [0.2, 0.25) is 0 Å². The molecule has 0 amide bonds. The molecule has 2 fully saturated rings. The van der Waals surface area contributed by atoms with Crippen LogP contribution in [0.4, 0.5) is 0 Å². The lowest BCUT2D eigenvalue weighted by Gasteiger charge is -2.53. The van der Waals surface area contributed by atoms with Crippen molar-refractivity contribution in [2.24, 2.45) is 5.92 Å². The van der Waals surface area contributed by atoms with E-state index >= 15 is 0 Å². The van der Waals surface area contributed by atoms with Crippen LogP contribution >= 0.6 is 0 Å². The summed E-state index contributed by atoms with van der Waals surface area (Å²) in [6.07, 6.45) is 9.96. The van der Waals surface area contributed by atoms with Crippen molar-refractivity contribution in [3.05, 3.63) is 48.0 Å². The highest BCUT2D eigenvalue weighted by atomic mass is 16.3. The highest BCUT2D eigenvalue weighted by molar-refractivity contribution is 5.27. The summed E-state index contributed by atoms with van der Waals surface area (Å²) in [5.74, 6) is 0.919. The number of aliphatic hydroxyl groups excluding tert-OH is 1. The summed E-state index contributed by atoms with van der Waals surface area (Å²) in [5.41, 5.74) is 2.68. The van der Waals surface area contributed by atoms with Gasteiger partial charge in [0.2, 0.25) is 0 Å². The maximum atomic E-state index is 9.56. The molecule has 2 aliphatic rings. The molecule has 2 heteroatoms. The lowest BCUT2D eigenvalue weighted by molar-refractivity contribution is -0.0191. The molecule has 1 aromatic rings. The van der Waals surface area contributed by atoms with Crippen molar-refractivity contribution < 1.29 is 5.11 Å². The molecular weight excluding hydrogens is 258 g/mol. The molecule has 1 saturated carbocycles. The SMILES string of the molecule is C=CCC12CCCC(CCN1Cc1ccccc1CO)C2. The molecular formula is C19H27NO. The summed E-state index contributed by atoms with van der Waals surface area (Å²) >= 11 is 0. The number of fused-ring (bicyclic) bond motifs is 2. The minimum absolute atomic E-state index is 0.140. The molecule has 21 heavy (non-hydrogen) atoms. The number of piperidine rings is 1. The van der Waals surface area contributed by atoms with Gasteiger partial charge in [-0.2, -0.15) is 0 Å². The summed E-state index contributed by atoms with van der Waals surface area (Å²) in [4.78, 5) is 2.68. The van der Waals surface area contributed by atoms with Gasteiger partial charge in [-0.25, -0.2) is 0 Å². The second kappa shape index (κ2) is 6.33. The van der Waals surface area contributed by atoms with Crippen LogP contribution in [0.25, 0.3) is 0 Å². The first-order chi connectivity index (χ1) is 10.3. The van der Waals surface area contributed by atoms with Crippen LogP contribution in [0.15, 0.2) is 36.9 Å². The van der Waals surface area contributed by atoms with E-state index < -0.39 is 0 Å². The average Bonchev–Trinajstić information content (AvgIpc) is 2.51. The van der Waals surface area contributed by atoms with Crippen molar-refractivity contribution >= 4 is 0 Å². The Morgan fingerprint density at radius 1 is 1.29 bits per heavy atom. The van der Waals surface area contributed by atoms with Crippen LogP contribution in [0, 0.1) is 5.92 Å². The third-order valence-corrected chi connectivity index (χ3v) is 5.58. The van der Waals surface area contributed by atoms with Crippen molar-refractivity contribution in [3.63, 3.8) is 0 Å². The Morgan fingerprint density at radius 3 is 2.86 bits per heavy atom. The van der Waals surface area contributed by atoms with Crippen molar-refractivity contribution in [2.45, 2.75) is 57.2 Å². The van der Waals surface area contributed by atoms with Crippen LogP contribution in [-0.4, -0.2) is 22.1 Å². The quantitative estimate of drug-likeness (QED) is 0.830. The molecule has 2 atom stereocenters. The van der Waals surface area contributed by atoms with E-state index in [4.69, 9.17) is 0 Å². The van der Waals surface area contributed by atoms with Crippen molar-refractivity contribution in [2.75, 3.05) is 6.54 Å². The van der Waals surface area contributed by atoms with Gasteiger partial charge < -0.3 is 5.11 Å². The van der Waals surface area contributed by atoms with E-state index in [1.54, 1.807) is 0 Å². The van der Waals surface area contributed by atoms with E-state index in [-0.39, 0.29) is 6.61 Å². The minimum Gasteiger partial charge on any atom is -0.392 e. The topological polar surface area (TPSA) is 23.5 Å². The Kier molecular flexibility index (Phi) is 4.46. The second-order valence-electron chi connectivity index (χ2n) is 6.82. The molecule has 0 radical (unpaired) electrons. The molecule has 1 N–H and O–H groups in total. The highest BCUT2D eigenvalue weighted by Gasteiger charge is 2.43. The molecule has 1 aliphatic heterocycles.